The Hall–Kier alpha value is -3.58. The molecule has 130 valence electrons. The van der Waals surface area contributed by atoms with Crippen molar-refractivity contribution >= 4 is 38.1 Å². The van der Waals surface area contributed by atoms with E-state index in [2.05, 4.69) is 95.4 Å². The zero-order valence-corrected chi connectivity index (χ0v) is 15.3. The summed E-state index contributed by atoms with van der Waals surface area (Å²) in [6.45, 7) is 0. The molecule has 1 nitrogen and oxygen atoms in total. The minimum Gasteiger partial charge on any atom is -0.309 e. The molecule has 7 rings (SSSR count). The highest BCUT2D eigenvalue weighted by Crippen LogP contribution is 2.44. The molecular weight excluding hydrogens is 338 g/mol. The van der Waals surface area contributed by atoms with E-state index in [9.17, 15) is 0 Å². The second kappa shape index (κ2) is 5.02. The summed E-state index contributed by atoms with van der Waals surface area (Å²) in [4.78, 5) is 0. The number of benzene rings is 4. The quantitative estimate of drug-likeness (QED) is 0.259. The van der Waals surface area contributed by atoms with E-state index >= 15 is 0 Å². The van der Waals surface area contributed by atoms with Crippen molar-refractivity contribution in [1.29, 1.82) is 0 Å². The maximum Gasteiger partial charge on any atom is 0.0547 e. The van der Waals surface area contributed by atoms with Gasteiger partial charge in [-0.2, -0.15) is 0 Å². The molecule has 28 heavy (non-hydrogen) atoms. The molecule has 0 atom stereocenters. The van der Waals surface area contributed by atoms with Gasteiger partial charge >= 0.3 is 0 Å². The van der Waals surface area contributed by atoms with Crippen LogP contribution in [0.3, 0.4) is 0 Å². The lowest BCUT2D eigenvalue weighted by Gasteiger charge is -2.14. The molecule has 4 aromatic carbocycles. The van der Waals surface area contributed by atoms with Gasteiger partial charge in [0.15, 0.2) is 0 Å². The Morgan fingerprint density at radius 2 is 1.36 bits per heavy atom. The molecule has 0 saturated heterocycles. The fourth-order valence-corrected chi connectivity index (χ4v) is 5.22. The molecule has 0 bridgehead atoms. The van der Waals surface area contributed by atoms with Crippen molar-refractivity contribution in [3.8, 4) is 11.1 Å². The highest BCUT2D eigenvalue weighted by Gasteiger charge is 2.23. The molecule has 0 amide bonds. The Morgan fingerprint density at radius 1 is 0.571 bits per heavy atom. The maximum absolute atomic E-state index is 2.45. The Kier molecular flexibility index (Phi) is 2.60. The van der Waals surface area contributed by atoms with Crippen LogP contribution in [0, 0.1) is 0 Å². The highest BCUT2D eigenvalue weighted by molar-refractivity contribution is 6.18. The Labute approximate surface area is 162 Å². The van der Waals surface area contributed by atoms with Crippen molar-refractivity contribution in [2.45, 2.75) is 6.42 Å². The van der Waals surface area contributed by atoms with Crippen LogP contribution in [0.2, 0.25) is 0 Å². The first-order chi connectivity index (χ1) is 13.9. The molecule has 1 heteroatoms. The summed E-state index contributed by atoms with van der Waals surface area (Å²) in [5.74, 6) is 0. The summed E-state index contributed by atoms with van der Waals surface area (Å²) in [5, 5.41) is 5.38. The van der Waals surface area contributed by atoms with Gasteiger partial charge in [0.1, 0.15) is 0 Å². The summed E-state index contributed by atoms with van der Waals surface area (Å²) >= 11 is 0. The molecule has 0 spiro atoms. The van der Waals surface area contributed by atoms with Gasteiger partial charge in [0, 0.05) is 16.2 Å². The monoisotopic (exact) mass is 355 g/mol. The number of aromatic nitrogens is 1. The predicted molar refractivity (Wildman–Crippen MR) is 118 cm³/mol. The zero-order chi connectivity index (χ0) is 18.2. The van der Waals surface area contributed by atoms with E-state index in [1.165, 1.54) is 60.3 Å². The Bertz CT molecular complexity index is 1580. The molecule has 0 fully saturated rings. The number of rotatable bonds is 0. The molecule has 0 radical (unpaired) electrons. The van der Waals surface area contributed by atoms with Crippen LogP contribution < -0.4 is 0 Å². The number of hydrogen-bond acceptors (Lipinski definition) is 0. The van der Waals surface area contributed by atoms with Crippen molar-refractivity contribution in [3.63, 3.8) is 0 Å². The number of pyridine rings is 1. The third-order valence-corrected chi connectivity index (χ3v) is 6.39. The van der Waals surface area contributed by atoms with E-state index in [-0.39, 0.29) is 0 Å². The van der Waals surface area contributed by atoms with Gasteiger partial charge in [0.05, 0.1) is 16.6 Å². The minimum atomic E-state index is 1.01. The first kappa shape index (κ1) is 14.5. The van der Waals surface area contributed by atoms with Crippen LogP contribution in [0.25, 0.3) is 49.2 Å². The normalized spacial score (nSPS) is 12.9. The third-order valence-electron chi connectivity index (χ3n) is 6.39. The average Bonchev–Trinajstić information content (AvgIpc) is 3.32. The van der Waals surface area contributed by atoms with E-state index in [4.69, 9.17) is 0 Å². The minimum absolute atomic E-state index is 1.01. The van der Waals surface area contributed by atoms with E-state index < -0.39 is 0 Å². The van der Waals surface area contributed by atoms with E-state index in [0.717, 1.165) is 6.42 Å². The summed E-state index contributed by atoms with van der Waals surface area (Å²) in [6.07, 6.45) is 1.01. The fraction of sp³-hybridized carbons (Fsp3) is 0.0370. The van der Waals surface area contributed by atoms with Gasteiger partial charge in [0.25, 0.3) is 0 Å². The lowest BCUT2D eigenvalue weighted by atomic mass is 9.97. The van der Waals surface area contributed by atoms with Gasteiger partial charge in [-0.15, -0.1) is 0 Å². The SMILES string of the molecule is c1ccc2c(c1)Cc1c-2ccc2c1c1ccccc1c1cc3ccccc3n12. The molecule has 1 aliphatic carbocycles. The molecular formula is C27H17N. The van der Waals surface area contributed by atoms with Gasteiger partial charge in [-0.1, -0.05) is 72.8 Å². The molecule has 2 aromatic heterocycles. The van der Waals surface area contributed by atoms with Crippen LogP contribution in [-0.2, 0) is 6.42 Å². The van der Waals surface area contributed by atoms with E-state index in [0.29, 0.717) is 0 Å². The Balaban J connectivity index is 1.78. The lowest BCUT2D eigenvalue weighted by Crippen LogP contribution is -1.94. The van der Waals surface area contributed by atoms with Crippen molar-refractivity contribution in [1.82, 2.24) is 4.40 Å². The predicted octanol–water partition coefficient (Wildman–Crippen LogP) is 6.97. The second-order valence-electron chi connectivity index (χ2n) is 7.79. The van der Waals surface area contributed by atoms with E-state index in [1.807, 2.05) is 0 Å². The standard InChI is InChI=1S/C27H17N/c1-3-9-19-17(7-1)15-23-20(19)13-14-25-27(23)22-11-5-4-10-21(22)26-16-18-8-2-6-12-24(18)28(25)26/h1-14,16H,15H2. The number of fused-ring (bicyclic) bond motifs is 12. The number of nitrogens with zero attached hydrogens (tertiary/aromatic N) is 1. The smallest absolute Gasteiger partial charge is 0.0547 e. The van der Waals surface area contributed by atoms with Crippen LogP contribution in [0.1, 0.15) is 11.1 Å². The van der Waals surface area contributed by atoms with Crippen LogP contribution in [-0.4, -0.2) is 4.40 Å². The molecule has 0 saturated carbocycles. The van der Waals surface area contributed by atoms with E-state index in [1.54, 1.807) is 0 Å². The number of para-hydroxylation sites is 1. The zero-order valence-electron chi connectivity index (χ0n) is 15.3. The van der Waals surface area contributed by atoms with Crippen LogP contribution in [0.5, 0.6) is 0 Å². The molecule has 0 unspecified atom stereocenters. The van der Waals surface area contributed by atoms with Crippen molar-refractivity contribution < 1.29 is 0 Å². The Morgan fingerprint density at radius 3 is 2.32 bits per heavy atom. The lowest BCUT2D eigenvalue weighted by molar-refractivity contribution is 1.27. The maximum atomic E-state index is 2.45. The van der Waals surface area contributed by atoms with Crippen LogP contribution in [0.4, 0.5) is 0 Å². The first-order valence-corrected chi connectivity index (χ1v) is 9.85. The molecule has 0 aliphatic heterocycles. The number of hydrogen-bond donors (Lipinski definition) is 0. The molecule has 6 aromatic rings. The van der Waals surface area contributed by atoms with Crippen molar-refractivity contribution in [2.75, 3.05) is 0 Å². The largest absolute Gasteiger partial charge is 0.309 e. The third kappa shape index (κ3) is 1.67. The van der Waals surface area contributed by atoms with Gasteiger partial charge in [-0.05, 0) is 52.3 Å². The highest BCUT2D eigenvalue weighted by atomic mass is 14.9. The van der Waals surface area contributed by atoms with Gasteiger partial charge in [-0.3, -0.25) is 0 Å². The van der Waals surface area contributed by atoms with Crippen LogP contribution in [0.15, 0.2) is 91.0 Å². The summed E-state index contributed by atoms with van der Waals surface area (Å²) in [7, 11) is 0. The van der Waals surface area contributed by atoms with Crippen molar-refractivity contribution in [3.05, 3.63) is 102 Å². The van der Waals surface area contributed by atoms with Crippen molar-refractivity contribution in [2.24, 2.45) is 0 Å². The molecule has 1 aliphatic rings. The van der Waals surface area contributed by atoms with Gasteiger partial charge < -0.3 is 4.40 Å². The average molecular weight is 355 g/mol. The first-order valence-electron chi connectivity index (χ1n) is 9.85. The summed E-state index contributed by atoms with van der Waals surface area (Å²) in [5.41, 5.74) is 9.57. The topological polar surface area (TPSA) is 4.41 Å². The van der Waals surface area contributed by atoms with Gasteiger partial charge in [-0.25, -0.2) is 0 Å². The second-order valence-corrected chi connectivity index (χ2v) is 7.79. The fourth-order valence-electron chi connectivity index (χ4n) is 5.22. The molecule has 0 N–H and O–H groups in total. The summed E-state index contributed by atoms with van der Waals surface area (Å²) in [6, 6.07) is 33.4. The van der Waals surface area contributed by atoms with Gasteiger partial charge in [0.2, 0.25) is 0 Å². The molecule has 2 heterocycles. The van der Waals surface area contributed by atoms with Crippen LogP contribution >= 0.6 is 0 Å². The summed E-state index contributed by atoms with van der Waals surface area (Å²) < 4.78 is 2.45.